The van der Waals surface area contributed by atoms with Gasteiger partial charge in [0.05, 0.1) is 16.9 Å². The Labute approximate surface area is 179 Å². The van der Waals surface area contributed by atoms with Crippen molar-refractivity contribution in [3.8, 4) is 16.9 Å². The lowest BCUT2D eigenvalue weighted by atomic mass is 10.1. The summed E-state index contributed by atoms with van der Waals surface area (Å²) in [4.78, 5) is 29.3. The Morgan fingerprint density at radius 2 is 1.52 bits per heavy atom. The standard InChI is InChI=1S/C25H21N3O3/c29-24-21(17-26-22(25(30)31)16-18-10-4-1-5-11-18)23(19-12-6-2-7-13-19)27-28(24)20-14-8-3-9-15-20/h1-15,17,22,27H,16H2,(H,30,31)/t22-/m1/s1. The highest BCUT2D eigenvalue weighted by molar-refractivity contribution is 5.90. The van der Waals surface area contributed by atoms with Crippen molar-refractivity contribution in [2.24, 2.45) is 4.99 Å². The molecule has 4 aromatic rings. The molecule has 0 spiro atoms. The number of carboxylic acid groups (broad SMARTS) is 1. The molecule has 0 amide bonds. The van der Waals surface area contributed by atoms with Gasteiger partial charge in [0.1, 0.15) is 0 Å². The van der Waals surface area contributed by atoms with Crippen LogP contribution in [0.1, 0.15) is 11.1 Å². The number of hydrogen-bond donors (Lipinski definition) is 2. The molecule has 0 saturated heterocycles. The van der Waals surface area contributed by atoms with Crippen LogP contribution in [0.15, 0.2) is 101 Å². The quantitative estimate of drug-likeness (QED) is 0.452. The number of aromatic nitrogens is 2. The molecule has 0 unspecified atom stereocenters. The zero-order valence-corrected chi connectivity index (χ0v) is 16.7. The lowest BCUT2D eigenvalue weighted by Crippen LogP contribution is -2.22. The predicted molar refractivity (Wildman–Crippen MR) is 121 cm³/mol. The number of nitrogens with one attached hydrogen (secondary N) is 1. The van der Waals surface area contributed by atoms with Crippen molar-refractivity contribution in [1.29, 1.82) is 0 Å². The second kappa shape index (κ2) is 9.09. The zero-order chi connectivity index (χ0) is 21.6. The van der Waals surface area contributed by atoms with Crippen LogP contribution < -0.4 is 5.56 Å². The average molecular weight is 411 g/mol. The number of aliphatic carboxylic acids is 1. The Kier molecular flexibility index (Phi) is 5.89. The summed E-state index contributed by atoms with van der Waals surface area (Å²) in [6.45, 7) is 0. The van der Waals surface area contributed by atoms with Gasteiger partial charge in [-0.05, 0) is 17.7 Å². The molecule has 31 heavy (non-hydrogen) atoms. The van der Waals surface area contributed by atoms with E-state index in [9.17, 15) is 14.7 Å². The monoisotopic (exact) mass is 411 g/mol. The van der Waals surface area contributed by atoms with Gasteiger partial charge >= 0.3 is 5.97 Å². The number of para-hydroxylation sites is 1. The molecule has 0 fully saturated rings. The van der Waals surface area contributed by atoms with Crippen molar-refractivity contribution in [3.63, 3.8) is 0 Å². The van der Waals surface area contributed by atoms with Crippen molar-refractivity contribution in [2.75, 3.05) is 0 Å². The smallest absolute Gasteiger partial charge is 0.328 e. The highest BCUT2D eigenvalue weighted by Crippen LogP contribution is 2.20. The number of aromatic amines is 1. The molecule has 1 heterocycles. The summed E-state index contributed by atoms with van der Waals surface area (Å²) >= 11 is 0. The summed E-state index contributed by atoms with van der Waals surface area (Å²) in [5, 5.41) is 12.8. The summed E-state index contributed by atoms with van der Waals surface area (Å²) in [7, 11) is 0. The molecule has 0 saturated carbocycles. The van der Waals surface area contributed by atoms with Gasteiger partial charge in [0, 0.05) is 18.2 Å². The van der Waals surface area contributed by atoms with E-state index in [0.29, 0.717) is 16.9 Å². The van der Waals surface area contributed by atoms with E-state index in [4.69, 9.17) is 0 Å². The van der Waals surface area contributed by atoms with Gasteiger partial charge in [-0.1, -0.05) is 78.9 Å². The van der Waals surface area contributed by atoms with Crippen LogP contribution in [-0.2, 0) is 11.2 Å². The van der Waals surface area contributed by atoms with Crippen molar-refractivity contribution < 1.29 is 9.90 Å². The van der Waals surface area contributed by atoms with E-state index in [1.165, 1.54) is 10.9 Å². The number of carbonyl (C=O) groups is 1. The largest absolute Gasteiger partial charge is 0.480 e. The first kappa shape index (κ1) is 20.1. The molecule has 6 heteroatoms. The number of nitrogens with zero attached hydrogens (tertiary/aromatic N) is 2. The fraction of sp³-hybridized carbons (Fsp3) is 0.0800. The number of H-pyrrole nitrogens is 1. The maximum atomic E-state index is 13.2. The van der Waals surface area contributed by atoms with E-state index in [1.807, 2.05) is 91.0 Å². The summed E-state index contributed by atoms with van der Waals surface area (Å²) in [6.07, 6.45) is 1.62. The molecule has 0 aliphatic carbocycles. The first-order chi connectivity index (χ1) is 15.1. The Morgan fingerprint density at radius 1 is 0.935 bits per heavy atom. The van der Waals surface area contributed by atoms with E-state index in [1.54, 1.807) is 0 Å². The second-order valence-corrected chi connectivity index (χ2v) is 7.06. The van der Waals surface area contributed by atoms with Gasteiger partial charge in [0.15, 0.2) is 6.04 Å². The molecule has 0 aliphatic heterocycles. The Balaban J connectivity index is 1.76. The van der Waals surface area contributed by atoms with Crippen LogP contribution in [0.5, 0.6) is 0 Å². The first-order valence-corrected chi connectivity index (χ1v) is 9.89. The minimum absolute atomic E-state index is 0.241. The molecule has 0 radical (unpaired) electrons. The van der Waals surface area contributed by atoms with Crippen LogP contribution in [0.4, 0.5) is 0 Å². The maximum absolute atomic E-state index is 13.2. The van der Waals surface area contributed by atoms with E-state index >= 15 is 0 Å². The third-order valence-electron chi connectivity index (χ3n) is 4.94. The predicted octanol–water partition coefficient (Wildman–Crippen LogP) is 3.95. The van der Waals surface area contributed by atoms with Crippen LogP contribution in [0.25, 0.3) is 16.9 Å². The van der Waals surface area contributed by atoms with Crippen LogP contribution in [-0.4, -0.2) is 33.1 Å². The van der Waals surface area contributed by atoms with Gasteiger partial charge in [0.2, 0.25) is 0 Å². The normalized spacial score (nSPS) is 12.1. The zero-order valence-electron chi connectivity index (χ0n) is 16.7. The van der Waals surface area contributed by atoms with Gasteiger partial charge in [-0.2, -0.15) is 0 Å². The number of aliphatic imine (C=N–C) groups is 1. The Morgan fingerprint density at radius 3 is 2.13 bits per heavy atom. The molecular formula is C25H21N3O3. The average Bonchev–Trinajstić information content (AvgIpc) is 3.14. The molecule has 2 N–H and O–H groups in total. The number of carboxylic acids is 1. The third-order valence-corrected chi connectivity index (χ3v) is 4.94. The van der Waals surface area contributed by atoms with Gasteiger partial charge in [-0.3, -0.25) is 14.9 Å². The summed E-state index contributed by atoms with van der Waals surface area (Å²) in [5.74, 6) is -1.04. The SMILES string of the molecule is O=C(O)[C@@H](Cc1ccccc1)N=Cc1c(-c2ccccc2)[nH]n(-c2ccccc2)c1=O. The van der Waals surface area contributed by atoms with E-state index in [2.05, 4.69) is 10.1 Å². The number of hydrogen-bond acceptors (Lipinski definition) is 3. The fourth-order valence-electron chi connectivity index (χ4n) is 3.36. The summed E-state index contributed by atoms with van der Waals surface area (Å²) in [6, 6.07) is 26.9. The highest BCUT2D eigenvalue weighted by Gasteiger charge is 2.19. The van der Waals surface area contributed by atoms with Crippen molar-refractivity contribution in [1.82, 2.24) is 9.78 Å². The molecule has 4 rings (SSSR count). The molecule has 6 nitrogen and oxygen atoms in total. The van der Waals surface area contributed by atoms with Gasteiger partial charge in [-0.15, -0.1) is 0 Å². The highest BCUT2D eigenvalue weighted by atomic mass is 16.4. The van der Waals surface area contributed by atoms with Crippen molar-refractivity contribution >= 4 is 12.2 Å². The maximum Gasteiger partial charge on any atom is 0.328 e. The molecule has 0 bridgehead atoms. The number of rotatable bonds is 7. The van der Waals surface area contributed by atoms with Gasteiger partial charge in [0.25, 0.3) is 5.56 Å². The van der Waals surface area contributed by atoms with E-state index in [-0.39, 0.29) is 12.0 Å². The van der Waals surface area contributed by atoms with E-state index in [0.717, 1.165) is 11.1 Å². The minimum Gasteiger partial charge on any atom is -0.480 e. The van der Waals surface area contributed by atoms with Crippen LogP contribution in [0.2, 0.25) is 0 Å². The van der Waals surface area contributed by atoms with E-state index < -0.39 is 12.0 Å². The summed E-state index contributed by atoms with van der Waals surface area (Å²) in [5.41, 5.74) is 2.97. The minimum atomic E-state index is -1.04. The Hall–Kier alpha value is -4.19. The number of benzene rings is 3. The molecule has 3 aromatic carbocycles. The van der Waals surface area contributed by atoms with Crippen molar-refractivity contribution in [2.45, 2.75) is 12.5 Å². The van der Waals surface area contributed by atoms with Crippen LogP contribution in [0.3, 0.4) is 0 Å². The lowest BCUT2D eigenvalue weighted by Gasteiger charge is -2.07. The fourth-order valence-corrected chi connectivity index (χ4v) is 3.36. The lowest BCUT2D eigenvalue weighted by molar-refractivity contribution is -0.138. The molecule has 154 valence electrons. The van der Waals surface area contributed by atoms with Crippen LogP contribution >= 0.6 is 0 Å². The van der Waals surface area contributed by atoms with Crippen molar-refractivity contribution in [3.05, 3.63) is 112 Å². The van der Waals surface area contributed by atoms with Gasteiger partial charge < -0.3 is 5.11 Å². The van der Waals surface area contributed by atoms with Crippen LogP contribution in [0, 0.1) is 0 Å². The topological polar surface area (TPSA) is 87.4 Å². The molecular weight excluding hydrogens is 390 g/mol. The second-order valence-electron chi connectivity index (χ2n) is 7.06. The Bertz CT molecular complexity index is 1240. The van der Waals surface area contributed by atoms with Gasteiger partial charge in [-0.25, -0.2) is 9.48 Å². The first-order valence-electron chi connectivity index (χ1n) is 9.89. The molecule has 0 aliphatic rings. The molecule has 1 atom stereocenters. The summed E-state index contributed by atoms with van der Waals surface area (Å²) < 4.78 is 1.44. The molecule has 1 aromatic heterocycles. The third kappa shape index (κ3) is 4.53.